The van der Waals surface area contributed by atoms with E-state index in [1.165, 1.54) is 6.33 Å². The van der Waals surface area contributed by atoms with Gasteiger partial charge in [0.2, 0.25) is 5.91 Å². The maximum Gasteiger partial charge on any atom is 0.223 e. The molecule has 2 heterocycles. The molecule has 5 rings (SSSR count). The molecule has 0 radical (unpaired) electrons. The summed E-state index contributed by atoms with van der Waals surface area (Å²) in [6.45, 7) is 6.32. The van der Waals surface area contributed by atoms with Crippen LogP contribution in [0.3, 0.4) is 0 Å². The summed E-state index contributed by atoms with van der Waals surface area (Å²) in [5.74, 6) is 2.66. The molecule has 8 nitrogen and oxygen atoms in total. The largest absolute Gasteiger partial charge is 0.457 e. The molecule has 0 saturated heterocycles. The van der Waals surface area contributed by atoms with E-state index < -0.39 is 0 Å². The number of para-hydroxylation sites is 1. The number of anilines is 1. The summed E-state index contributed by atoms with van der Waals surface area (Å²) in [6, 6.07) is 17.9. The van der Waals surface area contributed by atoms with Gasteiger partial charge in [0.15, 0.2) is 5.65 Å². The average molecular weight is 513 g/mol. The Hall–Kier alpha value is -3.94. The zero-order chi connectivity index (χ0) is 26.6. The number of hydrogen-bond acceptors (Lipinski definition) is 6. The molecule has 0 spiro atoms. The summed E-state index contributed by atoms with van der Waals surface area (Å²) in [7, 11) is 0. The number of hydrogen-bond donors (Lipinski definition) is 2. The Morgan fingerprint density at radius 1 is 1.00 bits per heavy atom. The maximum absolute atomic E-state index is 12.6. The molecule has 2 aromatic heterocycles. The van der Waals surface area contributed by atoms with Gasteiger partial charge in [-0.05, 0) is 74.4 Å². The molecule has 0 unspecified atom stereocenters. The molecule has 1 aliphatic rings. The molecule has 2 aromatic carbocycles. The molecular formula is C30H36N6O2. The van der Waals surface area contributed by atoms with Crippen LogP contribution in [0.2, 0.25) is 0 Å². The first-order valence-electron chi connectivity index (χ1n) is 13.5. The van der Waals surface area contributed by atoms with Gasteiger partial charge in [-0.15, -0.1) is 0 Å². The molecule has 1 saturated carbocycles. The average Bonchev–Trinajstić information content (AvgIpc) is 3.31. The first kappa shape index (κ1) is 25.7. The lowest BCUT2D eigenvalue weighted by atomic mass is 9.90. The second-order valence-corrected chi connectivity index (χ2v) is 10.7. The molecular weight excluding hydrogens is 476 g/mol. The molecule has 198 valence electrons. The lowest BCUT2D eigenvalue weighted by Gasteiger charge is -2.30. The number of carbonyl (C=O) groups is 1. The van der Waals surface area contributed by atoms with Gasteiger partial charge in [-0.2, -0.15) is 5.10 Å². The summed E-state index contributed by atoms with van der Waals surface area (Å²) in [5, 5.41) is 9.05. The van der Waals surface area contributed by atoms with E-state index in [1.54, 1.807) is 0 Å². The fraction of sp³-hybridized carbons (Fsp3) is 0.400. The standard InChI is InChI=1S/C30H36N6O2/c1-19(2)17-20(3)30(37)34-22-11-13-23(14-12-22)36-29-26(28(31)32-18-33-29)27(35-36)21-9-15-25(16-10-21)38-24-7-5-4-6-8-24/h4-10,15-16,18-20,22-23H,11-14,17H2,1-3H3,(H,34,37)(H2,31,32,33)/t20-,22?,23?/m0/s1. The zero-order valence-corrected chi connectivity index (χ0v) is 22.3. The van der Waals surface area contributed by atoms with Crippen LogP contribution in [0.15, 0.2) is 60.9 Å². The van der Waals surface area contributed by atoms with Gasteiger partial charge >= 0.3 is 0 Å². The lowest BCUT2D eigenvalue weighted by molar-refractivity contribution is -0.125. The number of nitrogens with two attached hydrogens (primary N) is 1. The normalized spacial score (nSPS) is 18.4. The molecule has 8 heteroatoms. The topological polar surface area (TPSA) is 108 Å². The maximum atomic E-state index is 12.6. The van der Waals surface area contributed by atoms with E-state index in [-0.39, 0.29) is 23.9 Å². The Bertz CT molecular complexity index is 1380. The Labute approximate surface area is 223 Å². The minimum absolute atomic E-state index is 0.0366. The molecule has 4 aromatic rings. The van der Waals surface area contributed by atoms with E-state index in [4.69, 9.17) is 15.6 Å². The molecule has 1 aliphatic carbocycles. The number of carbonyl (C=O) groups excluding carboxylic acids is 1. The van der Waals surface area contributed by atoms with Crippen LogP contribution in [0, 0.1) is 11.8 Å². The summed E-state index contributed by atoms with van der Waals surface area (Å²) in [4.78, 5) is 21.4. The number of ether oxygens (including phenoxy) is 1. The van der Waals surface area contributed by atoms with E-state index in [1.807, 2.05) is 66.2 Å². The highest BCUT2D eigenvalue weighted by Gasteiger charge is 2.28. The number of benzene rings is 2. The molecule has 1 fully saturated rings. The Balaban J connectivity index is 1.33. The highest BCUT2D eigenvalue weighted by molar-refractivity contribution is 5.98. The summed E-state index contributed by atoms with van der Waals surface area (Å²) in [6.07, 6.45) is 6.05. The lowest BCUT2D eigenvalue weighted by Crippen LogP contribution is -2.40. The minimum Gasteiger partial charge on any atom is -0.457 e. The van der Waals surface area contributed by atoms with Crippen molar-refractivity contribution >= 4 is 22.8 Å². The number of nitrogen functional groups attached to an aromatic ring is 1. The van der Waals surface area contributed by atoms with Crippen molar-refractivity contribution in [2.75, 3.05) is 5.73 Å². The summed E-state index contributed by atoms with van der Waals surface area (Å²) in [5.41, 5.74) is 8.77. The van der Waals surface area contributed by atoms with Crippen molar-refractivity contribution in [2.24, 2.45) is 11.8 Å². The summed E-state index contributed by atoms with van der Waals surface area (Å²) < 4.78 is 7.96. The molecule has 1 atom stereocenters. The van der Waals surface area contributed by atoms with Crippen LogP contribution < -0.4 is 15.8 Å². The number of fused-ring (bicyclic) bond motifs is 1. The van der Waals surface area contributed by atoms with Crippen LogP contribution in [0.1, 0.15) is 58.9 Å². The monoisotopic (exact) mass is 512 g/mol. The number of nitrogens with zero attached hydrogens (tertiary/aromatic N) is 4. The van der Waals surface area contributed by atoms with Crippen molar-refractivity contribution in [2.45, 2.75) is 65.0 Å². The predicted octanol–water partition coefficient (Wildman–Crippen LogP) is 6.15. The molecule has 1 amide bonds. The second-order valence-electron chi connectivity index (χ2n) is 10.7. The minimum atomic E-state index is 0.0366. The smallest absolute Gasteiger partial charge is 0.223 e. The van der Waals surface area contributed by atoms with E-state index in [0.717, 1.165) is 65.9 Å². The van der Waals surface area contributed by atoms with Crippen LogP contribution in [0.25, 0.3) is 22.3 Å². The molecule has 0 bridgehead atoms. The van der Waals surface area contributed by atoms with Crippen molar-refractivity contribution in [1.82, 2.24) is 25.1 Å². The number of nitrogens with one attached hydrogen (secondary N) is 1. The van der Waals surface area contributed by atoms with Gasteiger partial charge in [0.1, 0.15) is 29.3 Å². The number of rotatable bonds is 8. The van der Waals surface area contributed by atoms with Crippen LogP contribution >= 0.6 is 0 Å². The Morgan fingerprint density at radius 3 is 2.37 bits per heavy atom. The van der Waals surface area contributed by atoms with E-state index >= 15 is 0 Å². The van der Waals surface area contributed by atoms with Gasteiger partial charge in [-0.3, -0.25) is 4.79 Å². The Kier molecular flexibility index (Phi) is 7.58. The van der Waals surface area contributed by atoms with Gasteiger partial charge in [-0.25, -0.2) is 14.6 Å². The van der Waals surface area contributed by atoms with Crippen molar-refractivity contribution in [1.29, 1.82) is 0 Å². The third-order valence-electron chi connectivity index (χ3n) is 7.29. The van der Waals surface area contributed by atoms with Crippen LogP contribution in [0.5, 0.6) is 11.5 Å². The molecule has 38 heavy (non-hydrogen) atoms. The number of amides is 1. The van der Waals surface area contributed by atoms with Crippen LogP contribution in [-0.2, 0) is 4.79 Å². The van der Waals surface area contributed by atoms with E-state index in [2.05, 4.69) is 29.1 Å². The number of aromatic nitrogens is 4. The zero-order valence-electron chi connectivity index (χ0n) is 22.3. The highest BCUT2D eigenvalue weighted by Crippen LogP contribution is 2.36. The molecule has 3 N–H and O–H groups in total. The first-order chi connectivity index (χ1) is 18.4. The van der Waals surface area contributed by atoms with E-state index in [0.29, 0.717) is 11.7 Å². The Morgan fingerprint density at radius 2 is 1.68 bits per heavy atom. The fourth-order valence-corrected chi connectivity index (χ4v) is 5.38. The third kappa shape index (κ3) is 5.64. The second kappa shape index (κ2) is 11.2. The SMILES string of the molecule is CC(C)C[C@H](C)C(=O)NC1CCC(n2nc(-c3ccc(Oc4ccccc4)cc3)c3c(N)ncnc32)CC1. The van der Waals surface area contributed by atoms with Crippen molar-refractivity contribution < 1.29 is 9.53 Å². The van der Waals surface area contributed by atoms with Gasteiger partial charge in [0.05, 0.1) is 11.4 Å². The van der Waals surface area contributed by atoms with Gasteiger partial charge in [0.25, 0.3) is 0 Å². The van der Waals surface area contributed by atoms with Gasteiger partial charge < -0.3 is 15.8 Å². The van der Waals surface area contributed by atoms with Crippen molar-refractivity contribution in [3.63, 3.8) is 0 Å². The van der Waals surface area contributed by atoms with E-state index in [9.17, 15) is 4.79 Å². The van der Waals surface area contributed by atoms with Gasteiger partial charge in [0, 0.05) is 17.5 Å². The van der Waals surface area contributed by atoms with Crippen LogP contribution in [-0.4, -0.2) is 31.7 Å². The molecule has 0 aliphatic heterocycles. The third-order valence-corrected chi connectivity index (χ3v) is 7.29. The van der Waals surface area contributed by atoms with Gasteiger partial charge in [-0.1, -0.05) is 39.0 Å². The summed E-state index contributed by atoms with van der Waals surface area (Å²) >= 11 is 0. The van der Waals surface area contributed by atoms with Crippen molar-refractivity contribution in [3.8, 4) is 22.8 Å². The fourth-order valence-electron chi connectivity index (χ4n) is 5.38. The van der Waals surface area contributed by atoms with Crippen molar-refractivity contribution in [3.05, 3.63) is 60.9 Å². The predicted molar refractivity (Wildman–Crippen MR) is 150 cm³/mol. The first-order valence-corrected chi connectivity index (χ1v) is 13.5. The highest BCUT2D eigenvalue weighted by atomic mass is 16.5. The van der Waals surface area contributed by atoms with Crippen LogP contribution in [0.4, 0.5) is 5.82 Å². The quantitative estimate of drug-likeness (QED) is 0.293.